The number of benzene rings is 2. The first kappa shape index (κ1) is 24.9. The maximum absolute atomic E-state index is 12.3. The van der Waals surface area contributed by atoms with Crippen LogP contribution >= 0.6 is 0 Å². The standard InChI is InChI=1S/C26H30O6/c1-5-6-7-8-9-19(4)30-25(28)20-10-16-23(17-11-20)32-26(29)21-12-14-22(15-13-21)31-24(27)18(2)3/h10-17,19H,2,5-9H2,1,3-4H3. The van der Waals surface area contributed by atoms with E-state index < -0.39 is 17.9 Å². The molecule has 0 heterocycles. The first-order valence-corrected chi connectivity index (χ1v) is 10.8. The van der Waals surface area contributed by atoms with Gasteiger partial charge < -0.3 is 14.2 Å². The van der Waals surface area contributed by atoms with Crippen molar-refractivity contribution < 1.29 is 28.6 Å². The van der Waals surface area contributed by atoms with E-state index in [1.165, 1.54) is 37.1 Å². The van der Waals surface area contributed by atoms with E-state index in [1.807, 2.05) is 6.92 Å². The van der Waals surface area contributed by atoms with E-state index in [9.17, 15) is 14.4 Å². The Kier molecular flexibility index (Phi) is 9.67. The normalized spacial score (nSPS) is 11.3. The van der Waals surface area contributed by atoms with Gasteiger partial charge in [-0.25, -0.2) is 14.4 Å². The average molecular weight is 439 g/mol. The zero-order valence-corrected chi connectivity index (χ0v) is 18.9. The zero-order valence-electron chi connectivity index (χ0n) is 18.9. The predicted octanol–water partition coefficient (Wildman–Crippen LogP) is 5.90. The lowest BCUT2D eigenvalue weighted by Gasteiger charge is -2.13. The summed E-state index contributed by atoms with van der Waals surface area (Å²) in [5.41, 5.74) is 0.969. The fourth-order valence-electron chi connectivity index (χ4n) is 2.85. The minimum Gasteiger partial charge on any atom is -0.459 e. The molecule has 0 spiro atoms. The fraction of sp³-hybridized carbons (Fsp3) is 0.346. The van der Waals surface area contributed by atoms with Gasteiger partial charge in [-0.05, 0) is 75.2 Å². The van der Waals surface area contributed by atoms with Crippen LogP contribution < -0.4 is 9.47 Å². The van der Waals surface area contributed by atoms with Gasteiger partial charge in [0.25, 0.3) is 0 Å². The van der Waals surface area contributed by atoms with Gasteiger partial charge in [0.15, 0.2) is 0 Å². The molecule has 6 heteroatoms. The lowest BCUT2D eigenvalue weighted by Crippen LogP contribution is -2.15. The number of carbonyl (C=O) groups is 3. The molecule has 0 aliphatic rings. The number of hydrogen-bond acceptors (Lipinski definition) is 6. The van der Waals surface area contributed by atoms with Crippen molar-refractivity contribution in [1.29, 1.82) is 0 Å². The van der Waals surface area contributed by atoms with E-state index in [4.69, 9.17) is 14.2 Å². The first-order valence-electron chi connectivity index (χ1n) is 10.8. The van der Waals surface area contributed by atoms with Crippen LogP contribution in [0.5, 0.6) is 11.5 Å². The van der Waals surface area contributed by atoms with Gasteiger partial charge in [0.05, 0.1) is 17.2 Å². The lowest BCUT2D eigenvalue weighted by molar-refractivity contribution is -0.130. The van der Waals surface area contributed by atoms with Gasteiger partial charge >= 0.3 is 17.9 Å². The van der Waals surface area contributed by atoms with E-state index in [-0.39, 0.29) is 11.7 Å². The van der Waals surface area contributed by atoms with Crippen LogP contribution in [0.15, 0.2) is 60.7 Å². The van der Waals surface area contributed by atoms with Gasteiger partial charge in [0, 0.05) is 5.57 Å². The maximum Gasteiger partial charge on any atom is 0.343 e. The van der Waals surface area contributed by atoms with Crippen LogP contribution in [0.3, 0.4) is 0 Å². The number of rotatable bonds is 11. The van der Waals surface area contributed by atoms with Crippen LogP contribution in [-0.2, 0) is 9.53 Å². The Bertz CT molecular complexity index is 928. The van der Waals surface area contributed by atoms with E-state index in [0.717, 1.165) is 19.3 Å². The van der Waals surface area contributed by atoms with E-state index >= 15 is 0 Å². The highest BCUT2D eigenvalue weighted by Gasteiger charge is 2.14. The molecule has 0 saturated carbocycles. The third-order valence-corrected chi connectivity index (χ3v) is 4.72. The molecule has 0 saturated heterocycles. The van der Waals surface area contributed by atoms with Crippen molar-refractivity contribution in [3.63, 3.8) is 0 Å². The average Bonchev–Trinajstić information content (AvgIpc) is 2.77. The number of esters is 3. The second-order valence-corrected chi connectivity index (χ2v) is 7.67. The van der Waals surface area contributed by atoms with E-state index in [0.29, 0.717) is 22.6 Å². The van der Waals surface area contributed by atoms with Gasteiger partial charge in [0.1, 0.15) is 11.5 Å². The summed E-state index contributed by atoms with van der Waals surface area (Å²) in [5, 5.41) is 0. The van der Waals surface area contributed by atoms with Gasteiger partial charge in [-0.1, -0.05) is 32.8 Å². The summed E-state index contributed by atoms with van der Waals surface area (Å²) >= 11 is 0. The second kappa shape index (κ2) is 12.4. The molecular formula is C26H30O6. The molecule has 2 aromatic carbocycles. The third-order valence-electron chi connectivity index (χ3n) is 4.72. The van der Waals surface area contributed by atoms with Gasteiger partial charge in [-0.2, -0.15) is 0 Å². The molecule has 1 unspecified atom stereocenters. The molecule has 0 N–H and O–H groups in total. The summed E-state index contributed by atoms with van der Waals surface area (Å²) in [7, 11) is 0. The van der Waals surface area contributed by atoms with Crippen molar-refractivity contribution in [3.8, 4) is 11.5 Å². The van der Waals surface area contributed by atoms with Crippen LogP contribution in [0.1, 0.15) is 73.6 Å². The van der Waals surface area contributed by atoms with Crippen LogP contribution in [0.25, 0.3) is 0 Å². The van der Waals surface area contributed by atoms with Crippen LogP contribution in [-0.4, -0.2) is 24.0 Å². The van der Waals surface area contributed by atoms with Crippen LogP contribution in [0, 0.1) is 0 Å². The summed E-state index contributed by atoms with van der Waals surface area (Å²) in [6, 6.07) is 12.2. The Morgan fingerprint density at radius 1 is 0.812 bits per heavy atom. The minimum atomic E-state index is -0.571. The molecule has 6 nitrogen and oxygen atoms in total. The highest BCUT2D eigenvalue weighted by molar-refractivity contribution is 5.92. The largest absolute Gasteiger partial charge is 0.459 e. The first-order chi connectivity index (χ1) is 15.3. The van der Waals surface area contributed by atoms with Crippen molar-refractivity contribution in [3.05, 3.63) is 71.8 Å². The SMILES string of the molecule is C=C(C)C(=O)Oc1ccc(C(=O)Oc2ccc(C(=O)OC(C)CCCCCC)cc2)cc1. The molecule has 2 aromatic rings. The minimum absolute atomic E-state index is 0.144. The molecule has 0 bridgehead atoms. The van der Waals surface area contributed by atoms with Gasteiger partial charge in [0.2, 0.25) is 0 Å². The van der Waals surface area contributed by atoms with Gasteiger partial charge in [-0.15, -0.1) is 0 Å². The number of carbonyl (C=O) groups excluding carboxylic acids is 3. The smallest absolute Gasteiger partial charge is 0.343 e. The summed E-state index contributed by atoms with van der Waals surface area (Å²) in [6.07, 6.45) is 5.23. The van der Waals surface area contributed by atoms with Crippen LogP contribution in [0.4, 0.5) is 0 Å². The Hall–Kier alpha value is -3.41. The van der Waals surface area contributed by atoms with Crippen molar-refractivity contribution in [1.82, 2.24) is 0 Å². The number of ether oxygens (including phenoxy) is 3. The molecule has 0 amide bonds. The molecule has 1 atom stereocenters. The van der Waals surface area contributed by atoms with Crippen molar-refractivity contribution >= 4 is 17.9 Å². The van der Waals surface area contributed by atoms with Gasteiger partial charge in [-0.3, -0.25) is 0 Å². The monoisotopic (exact) mass is 438 g/mol. The molecule has 32 heavy (non-hydrogen) atoms. The Labute approximate surface area is 189 Å². The maximum atomic E-state index is 12.3. The predicted molar refractivity (Wildman–Crippen MR) is 122 cm³/mol. The second-order valence-electron chi connectivity index (χ2n) is 7.67. The molecule has 0 aliphatic carbocycles. The zero-order chi connectivity index (χ0) is 23.5. The fourth-order valence-corrected chi connectivity index (χ4v) is 2.85. The molecule has 0 radical (unpaired) electrons. The molecule has 0 fully saturated rings. The molecular weight excluding hydrogens is 408 g/mol. The third kappa shape index (κ3) is 8.02. The lowest BCUT2D eigenvalue weighted by atomic mass is 10.1. The topological polar surface area (TPSA) is 78.9 Å². The Balaban J connectivity index is 1.87. The Morgan fingerprint density at radius 3 is 1.88 bits per heavy atom. The summed E-state index contributed by atoms with van der Waals surface area (Å²) < 4.78 is 15.9. The van der Waals surface area contributed by atoms with Crippen molar-refractivity contribution in [2.75, 3.05) is 0 Å². The van der Waals surface area contributed by atoms with E-state index in [2.05, 4.69) is 13.5 Å². The van der Waals surface area contributed by atoms with Crippen molar-refractivity contribution in [2.45, 2.75) is 59.0 Å². The number of unbranched alkanes of at least 4 members (excludes halogenated alkanes) is 3. The highest BCUT2D eigenvalue weighted by Crippen LogP contribution is 2.18. The van der Waals surface area contributed by atoms with Crippen LogP contribution in [0.2, 0.25) is 0 Å². The molecule has 2 rings (SSSR count). The quantitative estimate of drug-likeness (QED) is 0.188. The molecule has 170 valence electrons. The highest BCUT2D eigenvalue weighted by atomic mass is 16.5. The van der Waals surface area contributed by atoms with Crippen molar-refractivity contribution in [2.24, 2.45) is 0 Å². The summed E-state index contributed by atoms with van der Waals surface area (Å²) in [5.74, 6) is -0.900. The Morgan fingerprint density at radius 2 is 1.34 bits per heavy atom. The summed E-state index contributed by atoms with van der Waals surface area (Å²) in [4.78, 5) is 36.1. The molecule has 0 aliphatic heterocycles. The molecule has 0 aromatic heterocycles. The van der Waals surface area contributed by atoms with E-state index in [1.54, 1.807) is 31.2 Å². The number of hydrogen-bond donors (Lipinski definition) is 0. The summed E-state index contributed by atoms with van der Waals surface area (Å²) in [6.45, 7) is 9.12.